The van der Waals surface area contributed by atoms with Gasteiger partial charge < -0.3 is 10.1 Å². The minimum Gasteiger partial charge on any atom is -0.462 e. The van der Waals surface area contributed by atoms with Crippen LogP contribution in [0.5, 0.6) is 0 Å². The van der Waals surface area contributed by atoms with Crippen LogP contribution >= 0.6 is 0 Å². The summed E-state index contributed by atoms with van der Waals surface area (Å²) in [5.74, 6) is -0.703. The molecule has 0 saturated heterocycles. The molecule has 0 aliphatic carbocycles. The first-order valence-corrected chi connectivity index (χ1v) is 10.1. The van der Waals surface area contributed by atoms with Crippen LogP contribution in [0, 0.1) is 13.8 Å². The number of anilines is 1. The van der Waals surface area contributed by atoms with E-state index in [1.165, 1.54) is 0 Å². The van der Waals surface area contributed by atoms with Gasteiger partial charge >= 0.3 is 5.97 Å². The summed E-state index contributed by atoms with van der Waals surface area (Å²) in [6, 6.07) is 18.2. The van der Waals surface area contributed by atoms with Crippen molar-refractivity contribution in [3.8, 4) is 5.69 Å². The second-order valence-corrected chi connectivity index (χ2v) is 7.31. The van der Waals surface area contributed by atoms with E-state index >= 15 is 0 Å². The molecule has 3 aromatic carbocycles. The molecule has 0 atom stereocenters. The summed E-state index contributed by atoms with van der Waals surface area (Å²) < 4.78 is 7.05. The molecule has 6 nitrogen and oxygen atoms in total. The summed E-state index contributed by atoms with van der Waals surface area (Å²) in [6.07, 6.45) is 1.72. The van der Waals surface area contributed by atoms with Crippen LogP contribution < -0.4 is 5.32 Å². The van der Waals surface area contributed by atoms with Crippen LogP contribution in [0.1, 0.15) is 38.8 Å². The number of aromatic nitrogens is 2. The summed E-state index contributed by atoms with van der Waals surface area (Å²) in [6.45, 7) is 6.13. The minimum atomic E-state index is -0.439. The number of nitrogens with one attached hydrogen (secondary N) is 1. The van der Waals surface area contributed by atoms with Crippen molar-refractivity contribution in [2.75, 3.05) is 11.9 Å². The van der Waals surface area contributed by atoms with Gasteiger partial charge in [0.1, 0.15) is 6.33 Å². The van der Waals surface area contributed by atoms with Gasteiger partial charge in [0.25, 0.3) is 5.91 Å². The topological polar surface area (TPSA) is 73.2 Å². The van der Waals surface area contributed by atoms with Gasteiger partial charge in [0, 0.05) is 5.56 Å². The van der Waals surface area contributed by atoms with Crippen molar-refractivity contribution < 1.29 is 14.3 Å². The van der Waals surface area contributed by atoms with Crippen LogP contribution in [-0.2, 0) is 4.74 Å². The summed E-state index contributed by atoms with van der Waals surface area (Å²) in [4.78, 5) is 29.7. The average molecular weight is 413 g/mol. The number of hydrogen-bond acceptors (Lipinski definition) is 4. The zero-order valence-corrected chi connectivity index (χ0v) is 17.7. The van der Waals surface area contributed by atoms with Crippen LogP contribution in [-0.4, -0.2) is 28.0 Å². The molecule has 31 heavy (non-hydrogen) atoms. The number of fused-ring (bicyclic) bond motifs is 1. The molecule has 4 rings (SSSR count). The Morgan fingerprint density at radius 1 is 0.968 bits per heavy atom. The molecular weight excluding hydrogens is 390 g/mol. The Labute approximate surface area is 180 Å². The molecule has 0 aliphatic rings. The predicted molar refractivity (Wildman–Crippen MR) is 121 cm³/mol. The maximum absolute atomic E-state index is 12.9. The van der Waals surface area contributed by atoms with E-state index in [4.69, 9.17) is 4.74 Å². The highest BCUT2D eigenvalue weighted by atomic mass is 16.5. The number of carbonyl (C=O) groups is 2. The number of rotatable bonds is 5. The summed E-state index contributed by atoms with van der Waals surface area (Å²) >= 11 is 0. The zero-order chi connectivity index (χ0) is 22.0. The molecule has 0 aliphatic heterocycles. The first kappa shape index (κ1) is 20.3. The maximum Gasteiger partial charge on any atom is 0.338 e. The van der Waals surface area contributed by atoms with Crippen molar-refractivity contribution in [3.63, 3.8) is 0 Å². The SMILES string of the molecule is CCOC(=O)c1ccc(-n2cnc3cc(C)c(C)cc32)c(NC(=O)c2ccccc2)c1. The molecule has 0 bridgehead atoms. The van der Waals surface area contributed by atoms with Crippen LogP contribution in [0.4, 0.5) is 5.69 Å². The Morgan fingerprint density at radius 3 is 2.45 bits per heavy atom. The normalized spacial score (nSPS) is 10.8. The second-order valence-electron chi connectivity index (χ2n) is 7.31. The van der Waals surface area contributed by atoms with Gasteiger partial charge in [-0.1, -0.05) is 18.2 Å². The fourth-order valence-electron chi connectivity index (χ4n) is 3.43. The number of esters is 1. The quantitative estimate of drug-likeness (QED) is 0.464. The summed E-state index contributed by atoms with van der Waals surface area (Å²) in [7, 11) is 0. The van der Waals surface area contributed by atoms with E-state index in [-0.39, 0.29) is 12.5 Å². The van der Waals surface area contributed by atoms with E-state index in [0.717, 1.165) is 22.2 Å². The molecule has 4 aromatic rings. The van der Waals surface area contributed by atoms with E-state index < -0.39 is 5.97 Å². The third-order valence-corrected chi connectivity index (χ3v) is 5.21. The zero-order valence-electron chi connectivity index (χ0n) is 17.7. The Balaban J connectivity index is 1.83. The van der Waals surface area contributed by atoms with Gasteiger partial charge in [-0.2, -0.15) is 0 Å². The van der Waals surface area contributed by atoms with Crippen LogP contribution in [0.2, 0.25) is 0 Å². The highest BCUT2D eigenvalue weighted by Gasteiger charge is 2.16. The first-order valence-electron chi connectivity index (χ1n) is 10.1. The lowest BCUT2D eigenvalue weighted by Crippen LogP contribution is -2.15. The third kappa shape index (κ3) is 4.05. The van der Waals surface area contributed by atoms with E-state index in [0.29, 0.717) is 22.5 Å². The number of amides is 1. The number of imidazole rings is 1. The van der Waals surface area contributed by atoms with Crippen molar-refractivity contribution in [1.29, 1.82) is 0 Å². The molecule has 156 valence electrons. The van der Waals surface area contributed by atoms with Crippen molar-refractivity contribution in [2.24, 2.45) is 0 Å². The van der Waals surface area contributed by atoms with Gasteiger partial charge in [0.2, 0.25) is 0 Å². The molecule has 0 radical (unpaired) electrons. The molecule has 6 heteroatoms. The fourth-order valence-corrected chi connectivity index (χ4v) is 3.43. The van der Waals surface area contributed by atoms with E-state index in [1.54, 1.807) is 55.7 Å². The molecule has 0 fully saturated rings. The second kappa shape index (κ2) is 8.44. The monoisotopic (exact) mass is 413 g/mol. The van der Waals surface area contributed by atoms with Crippen LogP contribution in [0.25, 0.3) is 16.7 Å². The fraction of sp³-hybridized carbons (Fsp3) is 0.160. The molecule has 1 N–H and O–H groups in total. The molecule has 0 unspecified atom stereocenters. The summed E-state index contributed by atoms with van der Waals surface area (Å²) in [5.41, 5.74) is 6.18. The predicted octanol–water partition coefficient (Wildman–Crippen LogP) is 5.07. The lowest BCUT2D eigenvalue weighted by atomic mass is 10.1. The molecule has 0 spiro atoms. The van der Waals surface area contributed by atoms with Crippen molar-refractivity contribution in [1.82, 2.24) is 9.55 Å². The number of benzene rings is 3. The van der Waals surface area contributed by atoms with E-state index in [2.05, 4.69) is 16.4 Å². The van der Waals surface area contributed by atoms with Crippen LogP contribution in [0.15, 0.2) is 67.0 Å². The number of ether oxygens (including phenoxy) is 1. The standard InChI is InChI=1S/C25H23N3O3/c1-4-31-25(30)19-10-11-22(21(14-19)27-24(29)18-8-6-5-7-9-18)28-15-26-20-12-16(2)17(3)13-23(20)28/h5-15H,4H2,1-3H3,(H,27,29). The Morgan fingerprint density at radius 2 is 1.71 bits per heavy atom. The number of nitrogens with zero attached hydrogens (tertiary/aromatic N) is 2. The largest absolute Gasteiger partial charge is 0.462 e. The number of hydrogen-bond donors (Lipinski definition) is 1. The summed E-state index contributed by atoms with van der Waals surface area (Å²) in [5, 5.41) is 2.95. The molecular formula is C25H23N3O3. The van der Waals surface area contributed by atoms with Crippen LogP contribution in [0.3, 0.4) is 0 Å². The van der Waals surface area contributed by atoms with Gasteiger partial charge in [-0.25, -0.2) is 9.78 Å². The first-order chi connectivity index (χ1) is 15.0. The average Bonchev–Trinajstić information content (AvgIpc) is 3.17. The Hall–Kier alpha value is -3.93. The molecule has 1 aromatic heterocycles. The van der Waals surface area contributed by atoms with Gasteiger partial charge in [0.15, 0.2) is 0 Å². The smallest absolute Gasteiger partial charge is 0.338 e. The lowest BCUT2D eigenvalue weighted by Gasteiger charge is -2.15. The highest BCUT2D eigenvalue weighted by molar-refractivity contribution is 6.06. The number of aryl methyl sites for hydroxylation is 2. The van der Waals surface area contributed by atoms with Crippen molar-refractivity contribution >= 4 is 28.6 Å². The van der Waals surface area contributed by atoms with Gasteiger partial charge in [-0.05, 0) is 74.4 Å². The van der Waals surface area contributed by atoms with Gasteiger partial charge in [-0.15, -0.1) is 0 Å². The Bertz CT molecular complexity index is 1280. The Kier molecular flexibility index (Phi) is 5.54. The molecule has 0 saturated carbocycles. The van der Waals surface area contributed by atoms with E-state index in [9.17, 15) is 9.59 Å². The molecule has 1 heterocycles. The third-order valence-electron chi connectivity index (χ3n) is 5.21. The van der Waals surface area contributed by atoms with Crippen molar-refractivity contribution in [2.45, 2.75) is 20.8 Å². The number of carbonyl (C=O) groups excluding carboxylic acids is 2. The minimum absolute atomic E-state index is 0.265. The van der Waals surface area contributed by atoms with Gasteiger partial charge in [-0.3, -0.25) is 9.36 Å². The molecule has 1 amide bonds. The highest BCUT2D eigenvalue weighted by Crippen LogP contribution is 2.28. The van der Waals surface area contributed by atoms with E-state index in [1.807, 2.05) is 30.5 Å². The van der Waals surface area contributed by atoms with Gasteiger partial charge in [0.05, 0.1) is 34.6 Å². The lowest BCUT2D eigenvalue weighted by molar-refractivity contribution is 0.0526. The maximum atomic E-state index is 12.9. The van der Waals surface area contributed by atoms with Crippen molar-refractivity contribution in [3.05, 3.63) is 89.2 Å².